The standard InChI is InChI=1S/C8H14N6/c1-6(9)7-8(11-3-2-10-7)14-12-4-5-13-14/h4,6,13H,2-3,5,9H2,1H3. The van der Waals surface area contributed by atoms with E-state index in [4.69, 9.17) is 5.73 Å². The third-order valence-corrected chi connectivity index (χ3v) is 2.03. The molecule has 0 amide bonds. The van der Waals surface area contributed by atoms with Crippen molar-refractivity contribution in [1.82, 2.24) is 10.5 Å². The maximum atomic E-state index is 5.81. The molecule has 2 heterocycles. The first-order valence-electron chi connectivity index (χ1n) is 4.70. The lowest BCUT2D eigenvalue weighted by Gasteiger charge is -2.22. The molecule has 0 radical (unpaired) electrons. The first kappa shape index (κ1) is 9.29. The van der Waals surface area contributed by atoms with Gasteiger partial charge in [0.1, 0.15) is 0 Å². The molecule has 14 heavy (non-hydrogen) atoms. The Balaban J connectivity index is 2.19. The van der Waals surface area contributed by atoms with Gasteiger partial charge in [-0.25, -0.2) is 5.43 Å². The highest BCUT2D eigenvalue weighted by atomic mass is 15.7. The van der Waals surface area contributed by atoms with Crippen LogP contribution in [0.2, 0.25) is 0 Å². The molecule has 0 saturated carbocycles. The number of hydrazone groups is 1. The zero-order chi connectivity index (χ0) is 9.97. The fourth-order valence-electron chi connectivity index (χ4n) is 1.42. The van der Waals surface area contributed by atoms with Gasteiger partial charge in [0.25, 0.3) is 0 Å². The predicted octanol–water partition coefficient (Wildman–Crippen LogP) is -1.01. The normalized spacial score (nSPS) is 23.4. The molecule has 6 nitrogen and oxygen atoms in total. The minimum atomic E-state index is -0.105. The van der Waals surface area contributed by atoms with Crippen LogP contribution in [0, 0.1) is 0 Å². The molecule has 2 aliphatic heterocycles. The van der Waals surface area contributed by atoms with E-state index in [2.05, 4.69) is 20.5 Å². The number of hydrogen-bond donors (Lipinski definition) is 2. The third-order valence-electron chi connectivity index (χ3n) is 2.03. The average Bonchev–Trinajstić information content (AvgIpc) is 2.70. The third kappa shape index (κ3) is 1.66. The summed E-state index contributed by atoms with van der Waals surface area (Å²) >= 11 is 0. The van der Waals surface area contributed by atoms with Crippen LogP contribution in [0.4, 0.5) is 0 Å². The van der Waals surface area contributed by atoms with E-state index in [0.29, 0.717) is 6.54 Å². The Morgan fingerprint density at radius 1 is 1.50 bits per heavy atom. The number of amidine groups is 1. The van der Waals surface area contributed by atoms with E-state index in [-0.39, 0.29) is 6.04 Å². The summed E-state index contributed by atoms with van der Waals surface area (Å²) < 4.78 is 0. The van der Waals surface area contributed by atoms with Gasteiger partial charge in [-0.15, -0.1) is 0 Å². The van der Waals surface area contributed by atoms with E-state index in [1.165, 1.54) is 0 Å². The lowest BCUT2D eigenvalue weighted by Crippen LogP contribution is -2.47. The van der Waals surface area contributed by atoms with Crippen molar-refractivity contribution < 1.29 is 0 Å². The monoisotopic (exact) mass is 194 g/mol. The molecule has 0 aliphatic carbocycles. The van der Waals surface area contributed by atoms with Gasteiger partial charge < -0.3 is 5.73 Å². The van der Waals surface area contributed by atoms with Crippen LogP contribution in [0.5, 0.6) is 0 Å². The van der Waals surface area contributed by atoms with Crippen molar-refractivity contribution >= 4 is 17.8 Å². The van der Waals surface area contributed by atoms with Crippen molar-refractivity contribution in [2.24, 2.45) is 20.8 Å². The summed E-state index contributed by atoms with van der Waals surface area (Å²) in [4.78, 5) is 8.73. The highest BCUT2D eigenvalue weighted by molar-refractivity contribution is 6.43. The molecule has 1 unspecified atom stereocenters. The minimum absolute atomic E-state index is 0.105. The lowest BCUT2D eigenvalue weighted by molar-refractivity contribution is 0.376. The fourth-order valence-corrected chi connectivity index (χ4v) is 1.42. The van der Waals surface area contributed by atoms with Crippen LogP contribution in [0.3, 0.4) is 0 Å². The molecule has 1 atom stereocenters. The zero-order valence-electron chi connectivity index (χ0n) is 8.14. The van der Waals surface area contributed by atoms with Crippen molar-refractivity contribution in [3.8, 4) is 0 Å². The number of nitrogens with zero attached hydrogens (tertiary/aromatic N) is 4. The molecule has 3 N–H and O–H groups in total. The molecule has 0 saturated heterocycles. The highest BCUT2D eigenvalue weighted by Gasteiger charge is 2.23. The summed E-state index contributed by atoms with van der Waals surface area (Å²) in [5.41, 5.74) is 9.68. The van der Waals surface area contributed by atoms with Gasteiger partial charge in [-0.05, 0) is 6.92 Å². The Morgan fingerprint density at radius 3 is 2.93 bits per heavy atom. The number of nitrogens with one attached hydrogen (secondary N) is 1. The predicted molar refractivity (Wildman–Crippen MR) is 56.6 cm³/mol. The Kier molecular flexibility index (Phi) is 2.55. The molecule has 0 spiro atoms. The molecular weight excluding hydrogens is 180 g/mol. The zero-order valence-corrected chi connectivity index (χ0v) is 8.14. The van der Waals surface area contributed by atoms with Gasteiger partial charge in [-0.2, -0.15) is 10.2 Å². The van der Waals surface area contributed by atoms with E-state index in [9.17, 15) is 0 Å². The quantitative estimate of drug-likeness (QED) is 0.561. The van der Waals surface area contributed by atoms with Gasteiger partial charge in [0.05, 0.1) is 25.3 Å². The van der Waals surface area contributed by atoms with Gasteiger partial charge >= 0.3 is 0 Å². The van der Waals surface area contributed by atoms with Crippen molar-refractivity contribution in [2.45, 2.75) is 13.0 Å². The number of hydrogen-bond acceptors (Lipinski definition) is 6. The van der Waals surface area contributed by atoms with Crippen LogP contribution >= 0.6 is 0 Å². The van der Waals surface area contributed by atoms with Gasteiger partial charge in [0.2, 0.25) is 0 Å². The lowest BCUT2D eigenvalue weighted by atomic mass is 10.2. The molecule has 2 rings (SSSR count). The number of hydrazine groups is 1. The summed E-state index contributed by atoms with van der Waals surface area (Å²) in [6.07, 6.45) is 1.79. The van der Waals surface area contributed by atoms with E-state index in [1.54, 1.807) is 11.3 Å². The topological polar surface area (TPSA) is 78.4 Å². The van der Waals surface area contributed by atoms with Crippen molar-refractivity contribution in [3.63, 3.8) is 0 Å². The maximum absolute atomic E-state index is 5.81. The second-order valence-corrected chi connectivity index (χ2v) is 3.23. The molecular formula is C8H14N6. The maximum Gasteiger partial charge on any atom is 0.184 e. The molecule has 0 bridgehead atoms. The molecule has 76 valence electrons. The SMILES string of the molecule is CC(N)C1=NCCN=C1N1N=CCN1. The number of aliphatic imine (C=N–C) groups is 2. The van der Waals surface area contributed by atoms with Gasteiger partial charge in [0, 0.05) is 12.3 Å². The largest absolute Gasteiger partial charge is 0.323 e. The summed E-state index contributed by atoms with van der Waals surface area (Å²) in [5, 5.41) is 5.76. The van der Waals surface area contributed by atoms with Crippen molar-refractivity contribution in [1.29, 1.82) is 0 Å². The molecule has 0 fully saturated rings. The van der Waals surface area contributed by atoms with Crippen LogP contribution in [0.15, 0.2) is 15.1 Å². The fraction of sp³-hybridized carbons (Fsp3) is 0.625. The van der Waals surface area contributed by atoms with Crippen molar-refractivity contribution in [2.75, 3.05) is 19.6 Å². The van der Waals surface area contributed by atoms with E-state index in [0.717, 1.165) is 24.6 Å². The summed E-state index contributed by atoms with van der Waals surface area (Å²) in [7, 11) is 0. The summed E-state index contributed by atoms with van der Waals surface area (Å²) in [6.45, 7) is 4.06. The van der Waals surface area contributed by atoms with Gasteiger partial charge in [-0.1, -0.05) is 0 Å². The van der Waals surface area contributed by atoms with Gasteiger partial charge in [-0.3, -0.25) is 9.98 Å². The Bertz CT molecular complexity index is 303. The minimum Gasteiger partial charge on any atom is -0.323 e. The number of nitrogens with two attached hydrogens (primary N) is 1. The Morgan fingerprint density at radius 2 is 2.29 bits per heavy atom. The van der Waals surface area contributed by atoms with Crippen LogP contribution in [0.25, 0.3) is 0 Å². The Hall–Kier alpha value is -1.27. The van der Waals surface area contributed by atoms with Gasteiger partial charge in [0.15, 0.2) is 5.84 Å². The first-order chi connectivity index (χ1) is 6.79. The summed E-state index contributed by atoms with van der Waals surface area (Å²) in [5.74, 6) is 0.750. The smallest absolute Gasteiger partial charge is 0.184 e. The average molecular weight is 194 g/mol. The van der Waals surface area contributed by atoms with Crippen LogP contribution < -0.4 is 11.2 Å². The van der Waals surface area contributed by atoms with Crippen LogP contribution in [0.1, 0.15) is 6.92 Å². The van der Waals surface area contributed by atoms with Crippen LogP contribution in [-0.2, 0) is 0 Å². The summed E-state index contributed by atoms with van der Waals surface area (Å²) in [6, 6.07) is -0.105. The van der Waals surface area contributed by atoms with E-state index >= 15 is 0 Å². The molecule has 6 heteroatoms. The molecule has 0 aromatic carbocycles. The van der Waals surface area contributed by atoms with E-state index < -0.39 is 0 Å². The van der Waals surface area contributed by atoms with Crippen molar-refractivity contribution in [3.05, 3.63) is 0 Å². The second-order valence-electron chi connectivity index (χ2n) is 3.23. The molecule has 0 aromatic heterocycles. The number of rotatable bonds is 1. The first-order valence-corrected chi connectivity index (χ1v) is 4.70. The molecule has 0 aromatic rings. The van der Waals surface area contributed by atoms with Crippen LogP contribution in [-0.4, -0.2) is 48.6 Å². The molecule has 2 aliphatic rings. The second kappa shape index (κ2) is 3.85. The Labute approximate surface area is 82.6 Å². The van der Waals surface area contributed by atoms with E-state index in [1.807, 2.05) is 6.92 Å². The highest BCUT2D eigenvalue weighted by Crippen LogP contribution is 2.03.